The predicted molar refractivity (Wildman–Crippen MR) is 128 cm³/mol. The molecule has 0 spiro atoms. The van der Waals surface area contributed by atoms with E-state index in [1.54, 1.807) is 14.1 Å². The molecule has 4 atom stereocenters. The molecule has 6 N–H and O–H groups in total. The van der Waals surface area contributed by atoms with Crippen LogP contribution in [0.25, 0.3) is 0 Å². The zero-order chi connectivity index (χ0) is 27.1. The molecule has 4 aliphatic rings. The lowest BCUT2D eigenvalue weighted by Gasteiger charge is -2.50. The van der Waals surface area contributed by atoms with Gasteiger partial charge in [-0.2, -0.15) is 0 Å². The molecule has 0 saturated carbocycles. The van der Waals surface area contributed by atoms with Gasteiger partial charge in [-0.1, -0.05) is 6.92 Å². The van der Waals surface area contributed by atoms with E-state index in [2.05, 4.69) is 0 Å². The summed E-state index contributed by atoms with van der Waals surface area (Å²) in [7, 11) is 3.10. The first kappa shape index (κ1) is 25.4. The van der Waals surface area contributed by atoms with Gasteiger partial charge in [0.15, 0.2) is 11.4 Å². The van der Waals surface area contributed by atoms with Crippen molar-refractivity contribution >= 4 is 17.5 Å². The quantitative estimate of drug-likeness (QED) is 0.363. The Labute approximate surface area is 212 Å². The molecular weight excluding hydrogens is 485 g/mol. The lowest BCUT2D eigenvalue weighted by molar-refractivity contribution is -0.148. The summed E-state index contributed by atoms with van der Waals surface area (Å²) in [6.07, 6.45) is 0.194. The van der Waals surface area contributed by atoms with Crippen LogP contribution in [0.1, 0.15) is 40.4 Å². The standard InChI is InChI=1S/C26H30FN3O7/c1-4-30-6-5-11-13(9-30)18(27)12-7-10-8-14-19(29(2)3)22(33)17(25(28)36)24(35)26(14,37)23(34)15(10)21(32)16(12)20(11)31/h10,14,19,31,33-34,37H,4-9H2,1-3H3,(H2,28,36)/t10-,14-,19-,26-/m0/s1. The van der Waals surface area contributed by atoms with Gasteiger partial charge < -0.3 is 26.2 Å². The van der Waals surface area contributed by atoms with Crippen LogP contribution >= 0.6 is 0 Å². The van der Waals surface area contributed by atoms with Crippen molar-refractivity contribution in [3.8, 4) is 5.75 Å². The second kappa shape index (κ2) is 8.37. The number of amides is 1. The van der Waals surface area contributed by atoms with Gasteiger partial charge in [0.1, 0.15) is 28.7 Å². The summed E-state index contributed by atoms with van der Waals surface area (Å²) < 4.78 is 15.9. The van der Waals surface area contributed by atoms with E-state index in [0.29, 0.717) is 37.2 Å². The number of rotatable bonds is 3. The molecule has 3 aliphatic carbocycles. The van der Waals surface area contributed by atoms with E-state index in [0.717, 1.165) is 0 Å². The third-order valence-electron chi connectivity index (χ3n) is 8.54. The van der Waals surface area contributed by atoms with Crippen LogP contribution in [-0.2, 0) is 29.0 Å². The fraction of sp³-hybridized carbons (Fsp3) is 0.500. The van der Waals surface area contributed by atoms with Crippen molar-refractivity contribution < 1.29 is 39.2 Å². The number of hydrogen-bond acceptors (Lipinski definition) is 9. The van der Waals surface area contributed by atoms with E-state index < -0.39 is 63.9 Å². The lowest BCUT2D eigenvalue weighted by atomic mass is 9.58. The van der Waals surface area contributed by atoms with Gasteiger partial charge >= 0.3 is 0 Å². The molecule has 1 amide bonds. The topological polar surface area (TPSA) is 165 Å². The molecule has 198 valence electrons. The second-order valence-electron chi connectivity index (χ2n) is 10.6. The van der Waals surface area contributed by atoms with Gasteiger partial charge in [-0.05, 0) is 45.8 Å². The highest BCUT2D eigenvalue weighted by atomic mass is 19.1. The molecular formula is C26H30FN3O7. The van der Waals surface area contributed by atoms with Crippen molar-refractivity contribution in [3.05, 3.63) is 50.7 Å². The van der Waals surface area contributed by atoms with E-state index in [4.69, 9.17) is 5.73 Å². The number of phenolic OH excluding ortho intramolecular Hbond substituents is 1. The minimum atomic E-state index is -2.71. The number of aliphatic hydroxyl groups excluding tert-OH is 2. The number of ketones is 2. The van der Waals surface area contributed by atoms with E-state index in [1.807, 2.05) is 11.8 Å². The summed E-state index contributed by atoms with van der Waals surface area (Å²) in [6, 6.07) is -1.09. The number of Topliss-reactive ketones (excluding diaryl/α,β-unsaturated/α-hetero) is 2. The number of fused-ring (bicyclic) bond motifs is 4. The number of aromatic hydroxyl groups is 1. The van der Waals surface area contributed by atoms with Crippen molar-refractivity contribution in [2.24, 2.45) is 17.6 Å². The molecule has 1 aromatic carbocycles. The predicted octanol–water partition coefficient (Wildman–Crippen LogP) is 0.638. The highest BCUT2D eigenvalue weighted by Gasteiger charge is 2.63. The van der Waals surface area contributed by atoms with Gasteiger partial charge in [0, 0.05) is 41.3 Å². The number of primary amides is 1. The van der Waals surface area contributed by atoms with Crippen molar-refractivity contribution in [2.45, 2.75) is 44.4 Å². The van der Waals surface area contributed by atoms with Crippen LogP contribution in [0.3, 0.4) is 0 Å². The number of benzene rings is 1. The Kier molecular flexibility index (Phi) is 5.74. The number of likely N-dealkylation sites (N-methyl/N-ethyl adjacent to an activating group) is 2. The monoisotopic (exact) mass is 515 g/mol. The van der Waals surface area contributed by atoms with Gasteiger partial charge in [-0.25, -0.2) is 4.39 Å². The zero-order valence-electron chi connectivity index (χ0n) is 20.8. The van der Waals surface area contributed by atoms with E-state index in [9.17, 15) is 34.8 Å². The average molecular weight is 516 g/mol. The third-order valence-corrected chi connectivity index (χ3v) is 8.54. The highest BCUT2D eigenvalue weighted by molar-refractivity contribution is 6.24. The average Bonchev–Trinajstić information content (AvgIpc) is 2.83. The summed E-state index contributed by atoms with van der Waals surface area (Å²) in [6.45, 7) is 3.52. The van der Waals surface area contributed by atoms with Crippen molar-refractivity contribution in [1.82, 2.24) is 9.80 Å². The molecule has 1 aliphatic heterocycles. The smallest absolute Gasteiger partial charge is 0.255 e. The van der Waals surface area contributed by atoms with Gasteiger partial charge in [0.2, 0.25) is 5.78 Å². The Balaban J connectivity index is 1.71. The maximum atomic E-state index is 15.9. The Bertz CT molecular complexity index is 1330. The van der Waals surface area contributed by atoms with Gasteiger partial charge in [0.25, 0.3) is 5.91 Å². The third kappa shape index (κ3) is 3.23. The highest BCUT2D eigenvalue weighted by Crippen LogP contribution is 2.53. The van der Waals surface area contributed by atoms with E-state index in [1.165, 1.54) is 4.90 Å². The first-order chi connectivity index (χ1) is 17.4. The lowest BCUT2D eigenvalue weighted by Crippen LogP contribution is -2.63. The molecule has 0 radical (unpaired) electrons. The Morgan fingerprint density at radius 2 is 1.86 bits per heavy atom. The molecule has 0 saturated heterocycles. The summed E-state index contributed by atoms with van der Waals surface area (Å²) in [5.41, 5.74) is 1.90. The Morgan fingerprint density at radius 3 is 2.46 bits per heavy atom. The minimum absolute atomic E-state index is 0.0346. The Morgan fingerprint density at radius 1 is 1.19 bits per heavy atom. The number of phenols is 1. The molecule has 11 heteroatoms. The first-order valence-electron chi connectivity index (χ1n) is 12.3. The van der Waals surface area contributed by atoms with Crippen LogP contribution in [0.4, 0.5) is 4.39 Å². The van der Waals surface area contributed by atoms with Crippen molar-refractivity contribution in [2.75, 3.05) is 27.2 Å². The number of aliphatic hydroxyl groups is 3. The fourth-order valence-electron chi connectivity index (χ4n) is 6.72. The van der Waals surface area contributed by atoms with E-state index >= 15 is 4.39 Å². The minimum Gasteiger partial charge on any atom is -0.510 e. The van der Waals surface area contributed by atoms with E-state index in [-0.39, 0.29) is 35.3 Å². The number of allylic oxidation sites excluding steroid dienone is 1. The van der Waals surface area contributed by atoms with Crippen molar-refractivity contribution in [3.63, 3.8) is 0 Å². The zero-order valence-corrected chi connectivity index (χ0v) is 20.8. The van der Waals surface area contributed by atoms with Gasteiger partial charge in [-0.3, -0.25) is 24.2 Å². The van der Waals surface area contributed by atoms with Crippen LogP contribution in [0, 0.1) is 17.7 Å². The normalized spacial score (nSPS) is 29.7. The molecule has 1 heterocycles. The number of halogens is 1. The Hall–Kier alpha value is -3.28. The van der Waals surface area contributed by atoms with Gasteiger partial charge in [0.05, 0.1) is 11.6 Å². The molecule has 0 bridgehead atoms. The van der Waals surface area contributed by atoms with Crippen LogP contribution in [0.15, 0.2) is 22.7 Å². The number of nitrogens with two attached hydrogens (primary N) is 1. The van der Waals surface area contributed by atoms with Crippen LogP contribution in [-0.4, -0.2) is 86.5 Å². The van der Waals surface area contributed by atoms with Crippen LogP contribution < -0.4 is 5.73 Å². The summed E-state index contributed by atoms with van der Waals surface area (Å²) in [5, 5.41) is 44.8. The SMILES string of the molecule is CCN1CCc2c(O)c3c(c(F)c2C1)C[C@H]1C[C@H]2[C@H](N(C)C)C(O)=C(C(N)=O)C(=O)[C@@]2(O)C(O)=C1C3=O. The number of nitrogens with zero attached hydrogens (tertiary/aromatic N) is 2. The fourth-order valence-corrected chi connectivity index (χ4v) is 6.72. The van der Waals surface area contributed by atoms with Crippen LogP contribution in [0.5, 0.6) is 5.75 Å². The largest absolute Gasteiger partial charge is 0.510 e. The number of hydrogen-bond donors (Lipinski definition) is 5. The van der Waals surface area contributed by atoms with Crippen LogP contribution in [0.2, 0.25) is 0 Å². The molecule has 10 nitrogen and oxygen atoms in total. The molecule has 0 unspecified atom stereocenters. The summed E-state index contributed by atoms with van der Waals surface area (Å²) in [5.74, 6) is -7.94. The maximum Gasteiger partial charge on any atom is 0.255 e. The molecule has 1 aromatic rings. The molecule has 37 heavy (non-hydrogen) atoms. The first-order valence-corrected chi connectivity index (χ1v) is 12.3. The number of carbonyl (C=O) groups is 3. The summed E-state index contributed by atoms with van der Waals surface area (Å²) in [4.78, 5) is 42.6. The maximum absolute atomic E-state index is 15.9. The second-order valence-corrected chi connectivity index (χ2v) is 10.6. The molecule has 5 rings (SSSR count). The number of carbonyl (C=O) groups excluding carboxylic acids is 3. The van der Waals surface area contributed by atoms with Crippen molar-refractivity contribution in [1.29, 1.82) is 0 Å². The molecule has 0 aromatic heterocycles. The molecule has 0 fully saturated rings. The summed E-state index contributed by atoms with van der Waals surface area (Å²) >= 11 is 0. The van der Waals surface area contributed by atoms with Gasteiger partial charge in [-0.15, -0.1) is 0 Å².